The lowest BCUT2D eigenvalue weighted by molar-refractivity contribution is -0.156. The van der Waals surface area contributed by atoms with Gasteiger partial charge in [0.1, 0.15) is 0 Å². The number of hydrogen-bond acceptors (Lipinski definition) is 4. The van der Waals surface area contributed by atoms with Crippen molar-refractivity contribution in [3.8, 4) is 0 Å². The Balaban J connectivity index is 1.98. The molecule has 1 aromatic carbocycles. The summed E-state index contributed by atoms with van der Waals surface area (Å²) in [5, 5.41) is 0.940. The van der Waals surface area contributed by atoms with Gasteiger partial charge in [0.15, 0.2) is 0 Å². The third-order valence-corrected chi connectivity index (χ3v) is 3.07. The van der Waals surface area contributed by atoms with E-state index in [0.29, 0.717) is 22.0 Å². The molecule has 0 aromatic heterocycles. The lowest BCUT2D eigenvalue weighted by Crippen LogP contribution is -2.21. The second-order valence-electron chi connectivity index (χ2n) is 3.88. The van der Waals surface area contributed by atoms with Gasteiger partial charge in [-0.15, -0.1) is 0 Å². The Morgan fingerprint density at radius 2 is 2.21 bits per heavy atom. The Morgan fingerprint density at radius 3 is 2.84 bits per heavy atom. The molecule has 6 heteroatoms. The summed E-state index contributed by atoms with van der Waals surface area (Å²) in [6.45, 7) is 0.281. The number of halogens is 2. The fourth-order valence-electron chi connectivity index (χ4n) is 1.56. The van der Waals surface area contributed by atoms with Gasteiger partial charge >= 0.3 is 11.9 Å². The standard InChI is InChI=1S/C13H10Cl2O4/c14-9-3-1-8(10(15)7-9)2-4-12(16)19-11-5-6-18-13(11)17/h1-4,7,11H,5-6H2/b4-2+. The molecule has 1 aliphatic heterocycles. The van der Waals surface area contributed by atoms with Crippen LogP contribution in [-0.2, 0) is 19.1 Å². The number of ether oxygens (including phenoxy) is 2. The van der Waals surface area contributed by atoms with Crippen molar-refractivity contribution in [2.45, 2.75) is 12.5 Å². The zero-order valence-electron chi connectivity index (χ0n) is 9.77. The first-order chi connectivity index (χ1) is 9.06. The molecule has 1 unspecified atom stereocenters. The third kappa shape index (κ3) is 3.72. The van der Waals surface area contributed by atoms with E-state index in [1.54, 1.807) is 18.2 Å². The van der Waals surface area contributed by atoms with E-state index in [4.69, 9.17) is 27.9 Å². The maximum Gasteiger partial charge on any atom is 0.347 e. The van der Waals surface area contributed by atoms with Gasteiger partial charge in [-0.3, -0.25) is 0 Å². The quantitative estimate of drug-likeness (QED) is 0.636. The minimum Gasteiger partial charge on any atom is -0.463 e. The summed E-state index contributed by atoms with van der Waals surface area (Å²) in [6, 6.07) is 4.91. The molecule has 0 amide bonds. The van der Waals surface area contributed by atoms with Gasteiger partial charge in [0.2, 0.25) is 6.10 Å². The van der Waals surface area contributed by atoms with E-state index in [9.17, 15) is 9.59 Å². The van der Waals surface area contributed by atoms with Crippen LogP contribution in [0.15, 0.2) is 24.3 Å². The first kappa shape index (κ1) is 13.9. The molecule has 2 rings (SSSR count). The van der Waals surface area contributed by atoms with Crippen molar-refractivity contribution in [1.82, 2.24) is 0 Å². The highest BCUT2D eigenvalue weighted by Crippen LogP contribution is 2.22. The molecule has 1 saturated heterocycles. The van der Waals surface area contributed by atoms with Crippen LogP contribution in [-0.4, -0.2) is 24.6 Å². The Bertz CT molecular complexity index is 539. The van der Waals surface area contributed by atoms with Crippen LogP contribution in [0.5, 0.6) is 0 Å². The van der Waals surface area contributed by atoms with E-state index in [-0.39, 0.29) is 6.61 Å². The predicted octanol–water partition coefficient (Wildman–Crippen LogP) is 2.87. The first-order valence-corrected chi connectivity index (χ1v) is 6.32. The highest BCUT2D eigenvalue weighted by atomic mass is 35.5. The number of cyclic esters (lactones) is 1. The molecule has 0 saturated carbocycles. The van der Waals surface area contributed by atoms with Gasteiger partial charge in [0, 0.05) is 22.5 Å². The molecule has 0 radical (unpaired) electrons. The fraction of sp³-hybridized carbons (Fsp3) is 0.231. The zero-order valence-corrected chi connectivity index (χ0v) is 11.3. The molecule has 0 N–H and O–H groups in total. The summed E-state index contributed by atoms with van der Waals surface area (Å²) in [4.78, 5) is 22.6. The van der Waals surface area contributed by atoms with Gasteiger partial charge < -0.3 is 9.47 Å². The van der Waals surface area contributed by atoms with Crippen LogP contribution < -0.4 is 0 Å². The molecule has 1 aromatic rings. The number of hydrogen-bond donors (Lipinski definition) is 0. The molecule has 100 valence electrons. The van der Waals surface area contributed by atoms with Crippen LogP contribution in [0.25, 0.3) is 6.08 Å². The molecule has 1 heterocycles. The minimum absolute atomic E-state index is 0.281. The fourth-order valence-corrected chi connectivity index (χ4v) is 2.03. The highest BCUT2D eigenvalue weighted by Gasteiger charge is 2.29. The molecule has 19 heavy (non-hydrogen) atoms. The van der Waals surface area contributed by atoms with Crippen molar-refractivity contribution in [2.75, 3.05) is 6.61 Å². The van der Waals surface area contributed by atoms with E-state index in [1.807, 2.05) is 0 Å². The molecular weight excluding hydrogens is 291 g/mol. The Labute approximate surface area is 119 Å². The number of carbonyl (C=O) groups is 2. The molecule has 1 atom stereocenters. The second-order valence-corrected chi connectivity index (χ2v) is 4.72. The smallest absolute Gasteiger partial charge is 0.347 e. The molecule has 0 spiro atoms. The van der Waals surface area contributed by atoms with Crippen LogP contribution in [0, 0.1) is 0 Å². The van der Waals surface area contributed by atoms with Gasteiger partial charge in [-0.1, -0.05) is 29.3 Å². The Hall–Kier alpha value is -1.52. The summed E-state index contributed by atoms with van der Waals surface area (Å²) < 4.78 is 9.62. The third-order valence-electron chi connectivity index (χ3n) is 2.51. The molecule has 0 aliphatic carbocycles. The average Bonchev–Trinajstić information content (AvgIpc) is 2.74. The van der Waals surface area contributed by atoms with Gasteiger partial charge in [-0.25, -0.2) is 9.59 Å². The monoisotopic (exact) mass is 300 g/mol. The van der Waals surface area contributed by atoms with Gasteiger partial charge in [-0.2, -0.15) is 0 Å². The van der Waals surface area contributed by atoms with Gasteiger partial charge in [0.05, 0.1) is 6.61 Å². The minimum atomic E-state index is -0.808. The van der Waals surface area contributed by atoms with Crippen molar-refractivity contribution in [2.24, 2.45) is 0 Å². The Kier molecular flexibility index (Phi) is 4.45. The van der Waals surface area contributed by atoms with Crippen LogP contribution in [0.4, 0.5) is 0 Å². The van der Waals surface area contributed by atoms with E-state index in [0.717, 1.165) is 0 Å². The normalized spacial score (nSPS) is 18.6. The number of rotatable bonds is 3. The summed E-state index contributed by atoms with van der Waals surface area (Å²) in [7, 11) is 0. The lowest BCUT2D eigenvalue weighted by Gasteiger charge is -2.05. The van der Waals surface area contributed by atoms with Crippen molar-refractivity contribution < 1.29 is 19.1 Å². The van der Waals surface area contributed by atoms with E-state index in [2.05, 4.69) is 4.74 Å². The summed E-state index contributed by atoms with van der Waals surface area (Å²) in [6.07, 6.45) is 2.29. The maximum atomic E-state index is 11.5. The van der Waals surface area contributed by atoms with Crippen LogP contribution in [0.2, 0.25) is 10.0 Å². The molecular formula is C13H10Cl2O4. The van der Waals surface area contributed by atoms with E-state index in [1.165, 1.54) is 12.2 Å². The molecule has 0 bridgehead atoms. The van der Waals surface area contributed by atoms with Gasteiger partial charge in [0.25, 0.3) is 0 Å². The average molecular weight is 301 g/mol. The van der Waals surface area contributed by atoms with Crippen molar-refractivity contribution in [1.29, 1.82) is 0 Å². The van der Waals surface area contributed by atoms with Crippen LogP contribution in [0.1, 0.15) is 12.0 Å². The molecule has 4 nitrogen and oxygen atoms in total. The van der Waals surface area contributed by atoms with E-state index >= 15 is 0 Å². The van der Waals surface area contributed by atoms with Crippen LogP contribution >= 0.6 is 23.2 Å². The van der Waals surface area contributed by atoms with Crippen molar-refractivity contribution >= 4 is 41.2 Å². The topological polar surface area (TPSA) is 52.6 Å². The Morgan fingerprint density at radius 1 is 1.42 bits per heavy atom. The number of benzene rings is 1. The molecule has 1 aliphatic rings. The maximum absolute atomic E-state index is 11.5. The highest BCUT2D eigenvalue weighted by molar-refractivity contribution is 6.35. The van der Waals surface area contributed by atoms with Crippen LogP contribution in [0.3, 0.4) is 0 Å². The predicted molar refractivity (Wildman–Crippen MR) is 71.0 cm³/mol. The van der Waals surface area contributed by atoms with Gasteiger partial charge in [-0.05, 0) is 23.8 Å². The largest absolute Gasteiger partial charge is 0.463 e. The SMILES string of the molecule is O=C(/C=C/c1ccc(Cl)cc1Cl)OC1CCOC1=O. The first-order valence-electron chi connectivity index (χ1n) is 5.56. The van der Waals surface area contributed by atoms with Crippen molar-refractivity contribution in [3.63, 3.8) is 0 Å². The van der Waals surface area contributed by atoms with E-state index < -0.39 is 18.0 Å². The molecule has 1 fully saturated rings. The summed E-state index contributed by atoms with van der Waals surface area (Å²) >= 11 is 11.7. The second kappa shape index (κ2) is 6.08. The van der Waals surface area contributed by atoms with Crippen molar-refractivity contribution in [3.05, 3.63) is 39.9 Å². The zero-order chi connectivity index (χ0) is 13.8. The summed E-state index contributed by atoms with van der Waals surface area (Å²) in [5.41, 5.74) is 0.636. The lowest BCUT2D eigenvalue weighted by atomic mass is 10.2. The number of esters is 2. The number of carbonyl (C=O) groups excluding carboxylic acids is 2. The summed E-state index contributed by atoms with van der Waals surface area (Å²) in [5.74, 6) is -1.12.